The molecule has 188 valence electrons. The van der Waals surface area contributed by atoms with Crippen LogP contribution in [0, 0.1) is 29.4 Å². The molecule has 2 aliphatic rings. The average molecular weight is 487 g/mol. The molecule has 0 N–H and O–H groups in total. The number of amides is 2. The zero-order valence-electron chi connectivity index (χ0n) is 20.4. The summed E-state index contributed by atoms with van der Waals surface area (Å²) in [7, 11) is 0. The number of nitrogens with zero attached hydrogens (tertiary/aromatic N) is 2. The van der Waals surface area contributed by atoms with Gasteiger partial charge in [0, 0.05) is 24.6 Å². The molecule has 8 heteroatoms. The van der Waals surface area contributed by atoms with Gasteiger partial charge in [-0.1, -0.05) is 24.3 Å². The number of carbonyl (C=O) groups is 2. The molecule has 0 radical (unpaired) electrons. The Balaban J connectivity index is 1.43. The van der Waals surface area contributed by atoms with Gasteiger partial charge in [0.2, 0.25) is 0 Å². The Hall–Kier alpha value is -3.16. The van der Waals surface area contributed by atoms with Crippen molar-refractivity contribution in [3.05, 3.63) is 65.7 Å². The molecule has 2 bridgehead atoms. The molecule has 1 aliphatic carbocycles. The summed E-state index contributed by atoms with van der Waals surface area (Å²) in [5.74, 6) is -0.400. The van der Waals surface area contributed by atoms with Crippen molar-refractivity contribution in [1.29, 1.82) is 0 Å². The summed E-state index contributed by atoms with van der Waals surface area (Å²) in [6, 6.07) is 11.8. The monoisotopic (exact) mass is 486 g/mol. The van der Waals surface area contributed by atoms with Crippen LogP contribution in [-0.4, -0.2) is 42.4 Å². The number of hydrogen-bond acceptors (Lipinski definition) is 4. The van der Waals surface area contributed by atoms with E-state index in [1.54, 1.807) is 29.2 Å². The highest BCUT2D eigenvalue weighted by molar-refractivity contribution is 5.87. The van der Waals surface area contributed by atoms with Gasteiger partial charge >= 0.3 is 12.2 Å². The summed E-state index contributed by atoms with van der Waals surface area (Å²) < 4.78 is 39.5. The summed E-state index contributed by atoms with van der Waals surface area (Å²) in [4.78, 5) is 28.7. The van der Waals surface area contributed by atoms with Crippen LogP contribution in [0.15, 0.2) is 48.5 Å². The molecule has 1 saturated carbocycles. The van der Waals surface area contributed by atoms with Gasteiger partial charge in [0.1, 0.15) is 17.2 Å². The minimum Gasteiger partial charge on any atom is -0.449 e. The maximum atomic E-state index is 14.3. The van der Waals surface area contributed by atoms with Crippen molar-refractivity contribution in [3.63, 3.8) is 0 Å². The number of benzene rings is 2. The Morgan fingerprint density at radius 2 is 1.71 bits per heavy atom. The number of piperidine rings is 1. The van der Waals surface area contributed by atoms with E-state index in [9.17, 15) is 18.4 Å². The summed E-state index contributed by atoms with van der Waals surface area (Å²) in [5, 5.41) is 0. The van der Waals surface area contributed by atoms with Crippen LogP contribution in [0.5, 0.6) is 0 Å². The van der Waals surface area contributed by atoms with Gasteiger partial charge in [-0.3, -0.25) is 4.90 Å². The molecule has 2 aromatic rings. The third-order valence-electron chi connectivity index (χ3n) is 6.71. The van der Waals surface area contributed by atoms with E-state index in [4.69, 9.17) is 9.47 Å². The lowest BCUT2D eigenvalue weighted by molar-refractivity contribution is 0.000478. The fourth-order valence-corrected chi connectivity index (χ4v) is 5.03. The van der Waals surface area contributed by atoms with E-state index in [1.165, 1.54) is 29.2 Å². The molecule has 6 nitrogen and oxygen atoms in total. The summed E-state index contributed by atoms with van der Waals surface area (Å²) in [6.07, 6.45) is 0.934. The SMILES string of the molecule is CC(C)(C)OC(=O)N1CC2CCC(C1)C2COC(=O)N(Cc1ccccc1F)c1cccc(F)c1. The third kappa shape index (κ3) is 6.10. The lowest BCUT2D eigenvalue weighted by Crippen LogP contribution is -2.48. The second-order valence-corrected chi connectivity index (χ2v) is 10.4. The number of fused-ring (bicyclic) bond motifs is 2. The number of hydrogen-bond donors (Lipinski definition) is 0. The molecular weight excluding hydrogens is 454 g/mol. The van der Waals surface area contributed by atoms with Gasteiger partial charge in [-0.25, -0.2) is 18.4 Å². The topological polar surface area (TPSA) is 59.1 Å². The van der Waals surface area contributed by atoms with Crippen molar-refractivity contribution in [2.24, 2.45) is 17.8 Å². The van der Waals surface area contributed by atoms with Crippen molar-refractivity contribution in [2.45, 2.75) is 45.8 Å². The predicted molar refractivity (Wildman–Crippen MR) is 128 cm³/mol. The highest BCUT2D eigenvalue weighted by atomic mass is 19.1. The standard InChI is InChI=1S/C27H32F2N2O4/c1-27(2,3)35-25(32)30-14-18-11-12-19(15-30)23(18)17-34-26(33)31(22-9-6-8-21(28)13-22)16-20-7-4-5-10-24(20)29/h4-10,13,18-19,23H,11-12,14-17H2,1-3H3. The van der Waals surface area contributed by atoms with Crippen LogP contribution in [0.3, 0.4) is 0 Å². The van der Waals surface area contributed by atoms with Crippen molar-refractivity contribution < 1.29 is 27.8 Å². The van der Waals surface area contributed by atoms with Crippen LogP contribution in [0.1, 0.15) is 39.2 Å². The van der Waals surface area contributed by atoms with Crippen molar-refractivity contribution in [3.8, 4) is 0 Å². The predicted octanol–water partition coefficient (Wildman–Crippen LogP) is 6.00. The molecule has 4 rings (SSSR count). The minimum absolute atomic E-state index is 0.0844. The smallest absolute Gasteiger partial charge is 0.414 e. The first kappa shape index (κ1) is 24.9. The van der Waals surface area contributed by atoms with Crippen LogP contribution in [-0.2, 0) is 16.0 Å². The zero-order chi connectivity index (χ0) is 25.2. The van der Waals surface area contributed by atoms with Crippen LogP contribution in [0.2, 0.25) is 0 Å². The zero-order valence-corrected chi connectivity index (χ0v) is 20.4. The first-order valence-electron chi connectivity index (χ1n) is 12.0. The Morgan fingerprint density at radius 1 is 1.03 bits per heavy atom. The van der Waals surface area contributed by atoms with E-state index in [0.717, 1.165) is 12.8 Å². The van der Waals surface area contributed by atoms with Crippen molar-refractivity contribution in [1.82, 2.24) is 4.90 Å². The maximum Gasteiger partial charge on any atom is 0.414 e. The normalized spacial score (nSPS) is 21.5. The number of anilines is 1. The largest absolute Gasteiger partial charge is 0.449 e. The number of carbonyl (C=O) groups excluding carboxylic acids is 2. The van der Waals surface area contributed by atoms with E-state index in [1.807, 2.05) is 20.8 Å². The number of halogens is 2. The van der Waals surface area contributed by atoms with Gasteiger partial charge in [-0.05, 0) is 69.7 Å². The van der Waals surface area contributed by atoms with E-state index >= 15 is 0 Å². The molecule has 2 amide bonds. The van der Waals surface area contributed by atoms with Gasteiger partial charge < -0.3 is 14.4 Å². The molecule has 35 heavy (non-hydrogen) atoms. The molecule has 1 saturated heterocycles. The molecule has 2 aromatic carbocycles. The van der Waals surface area contributed by atoms with Gasteiger partial charge in [0.15, 0.2) is 0 Å². The number of rotatable bonds is 5. The van der Waals surface area contributed by atoms with E-state index < -0.39 is 23.3 Å². The molecule has 1 heterocycles. The summed E-state index contributed by atoms with van der Waals surface area (Å²) in [6.45, 7) is 6.78. The summed E-state index contributed by atoms with van der Waals surface area (Å²) in [5.41, 5.74) is 0.0432. The maximum absolute atomic E-state index is 14.3. The lowest BCUT2D eigenvalue weighted by atomic mass is 9.86. The molecule has 0 spiro atoms. The first-order valence-corrected chi connectivity index (χ1v) is 12.0. The van der Waals surface area contributed by atoms with E-state index in [2.05, 4.69) is 0 Å². The quantitative estimate of drug-likeness (QED) is 0.520. The Kier molecular flexibility index (Phi) is 7.28. The fourth-order valence-electron chi connectivity index (χ4n) is 5.03. The molecule has 0 aromatic heterocycles. The minimum atomic E-state index is -0.659. The van der Waals surface area contributed by atoms with Gasteiger partial charge in [0.05, 0.1) is 18.8 Å². The Bertz CT molecular complexity index is 1060. The van der Waals surface area contributed by atoms with Gasteiger partial charge in [-0.2, -0.15) is 0 Å². The molecule has 2 unspecified atom stereocenters. The average Bonchev–Trinajstić information content (AvgIpc) is 3.02. The highest BCUT2D eigenvalue weighted by Crippen LogP contribution is 2.42. The molecule has 2 fully saturated rings. The molecule has 1 aliphatic heterocycles. The number of ether oxygens (including phenoxy) is 2. The van der Waals surface area contributed by atoms with Crippen molar-refractivity contribution >= 4 is 17.9 Å². The van der Waals surface area contributed by atoms with Gasteiger partial charge in [-0.15, -0.1) is 0 Å². The van der Waals surface area contributed by atoms with Crippen LogP contribution < -0.4 is 4.90 Å². The summed E-state index contributed by atoms with van der Waals surface area (Å²) >= 11 is 0. The third-order valence-corrected chi connectivity index (χ3v) is 6.71. The molecule has 2 atom stereocenters. The number of likely N-dealkylation sites (tertiary alicyclic amines) is 1. The second-order valence-electron chi connectivity index (χ2n) is 10.4. The Labute approximate surface area is 204 Å². The highest BCUT2D eigenvalue weighted by Gasteiger charge is 2.44. The van der Waals surface area contributed by atoms with Gasteiger partial charge in [0.25, 0.3) is 0 Å². The Morgan fingerprint density at radius 3 is 2.34 bits per heavy atom. The van der Waals surface area contributed by atoms with Crippen LogP contribution in [0.25, 0.3) is 0 Å². The van der Waals surface area contributed by atoms with E-state index in [0.29, 0.717) is 24.3 Å². The van der Waals surface area contributed by atoms with E-state index in [-0.39, 0.29) is 37.0 Å². The first-order chi connectivity index (χ1) is 16.6. The lowest BCUT2D eigenvalue weighted by Gasteiger charge is -2.38. The second kappa shape index (κ2) is 10.2. The van der Waals surface area contributed by atoms with Crippen LogP contribution >= 0.6 is 0 Å². The fraction of sp³-hybridized carbons (Fsp3) is 0.481. The van der Waals surface area contributed by atoms with Crippen molar-refractivity contribution in [2.75, 3.05) is 24.6 Å². The van der Waals surface area contributed by atoms with Crippen LogP contribution in [0.4, 0.5) is 24.1 Å². The molecular formula is C27H32F2N2O4.